The number of anilines is 1. The molecule has 5 nitrogen and oxygen atoms in total. The average molecular weight is 422 g/mol. The lowest BCUT2D eigenvalue weighted by atomic mass is 10.1. The van der Waals surface area contributed by atoms with Crippen LogP contribution < -0.4 is 10.5 Å². The van der Waals surface area contributed by atoms with Gasteiger partial charge in [-0.25, -0.2) is 13.6 Å². The third-order valence-electron chi connectivity index (χ3n) is 3.99. The largest absolute Gasteiger partial charge is 0.418 e. The summed E-state index contributed by atoms with van der Waals surface area (Å²) in [4.78, 5) is 1.25. The normalized spacial score (nSPS) is 13.6. The molecule has 148 valence electrons. The number of alkyl halides is 3. The van der Waals surface area contributed by atoms with Gasteiger partial charge in [-0.2, -0.15) is 13.2 Å². The maximum Gasteiger partial charge on any atom is 0.418 e. The molecule has 0 spiro atoms. The summed E-state index contributed by atoms with van der Waals surface area (Å²) in [5.41, 5.74) is -0.454. The van der Waals surface area contributed by atoms with Crippen molar-refractivity contribution in [2.75, 3.05) is 26.0 Å². The molecule has 2 aromatic carbocycles. The molecule has 3 N–H and O–H groups in total. The zero-order valence-corrected chi connectivity index (χ0v) is 16.2. The Morgan fingerprint density at radius 1 is 1.15 bits per heavy atom. The molecule has 0 heterocycles. The van der Waals surface area contributed by atoms with Crippen molar-refractivity contribution < 1.29 is 21.6 Å². The van der Waals surface area contributed by atoms with E-state index in [-0.39, 0.29) is 18.3 Å². The van der Waals surface area contributed by atoms with E-state index in [0.29, 0.717) is 11.1 Å². The van der Waals surface area contributed by atoms with Gasteiger partial charge in [0.1, 0.15) is 0 Å². The van der Waals surface area contributed by atoms with Crippen LogP contribution >= 0.6 is 11.6 Å². The van der Waals surface area contributed by atoms with Crippen LogP contribution in [0.5, 0.6) is 0 Å². The second-order valence-corrected chi connectivity index (χ2v) is 8.16. The number of halogens is 4. The monoisotopic (exact) mass is 421 g/mol. The SMILES string of the molecule is CN(C)C(CNc1ccc(S(N)(=O)=O)cc1C(F)(F)F)c1ccc(Cl)cc1. The van der Waals surface area contributed by atoms with E-state index in [4.69, 9.17) is 16.7 Å². The van der Waals surface area contributed by atoms with Crippen LogP contribution in [-0.2, 0) is 16.2 Å². The Morgan fingerprint density at radius 2 is 1.74 bits per heavy atom. The van der Waals surface area contributed by atoms with Crippen molar-refractivity contribution in [1.29, 1.82) is 0 Å². The van der Waals surface area contributed by atoms with Gasteiger partial charge in [-0.1, -0.05) is 23.7 Å². The summed E-state index contributed by atoms with van der Waals surface area (Å²) in [6, 6.07) is 9.40. The first-order valence-corrected chi connectivity index (χ1v) is 9.72. The highest BCUT2D eigenvalue weighted by Gasteiger charge is 2.35. The molecule has 0 bridgehead atoms. The van der Waals surface area contributed by atoms with Crippen molar-refractivity contribution in [3.05, 3.63) is 58.6 Å². The number of benzene rings is 2. The van der Waals surface area contributed by atoms with Gasteiger partial charge in [0.05, 0.1) is 16.5 Å². The fourth-order valence-electron chi connectivity index (χ4n) is 2.58. The van der Waals surface area contributed by atoms with E-state index in [2.05, 4.69) is 5.32 Å². The molecule has 0 saturated heterocycles. The third kappa shape index (κ3) is 5.58. The van der Waals surface area contributed by atoms with Crippen LogP contribution in [-0.4, -0.2) is 34.0 Å². The number of rotatable bonds is 6. The van der Waals surface area contributed by atoms with Crippen molar-refractivity contribution >= 4 is 27.3 Å². The molecular formula is C17H19ClF3N3O2S. The average Bonchev–Trinajstić information content (AvgIpc) is 2.54. The van der Waals surface area contributed by atoms with Gasteiger partial charge in [0.15, 0.2) is 0 Å². The Labute approximate surface area is 161 Å². The predicted molar refractivity (Wildman–Crippen MR) is 99.2 cm³/mol. The minimum atomic E-state index is -4.74. The number of sulfonamides is 1. The van der Waals surface area contributed by atoms with Gasteiger partial charge in [0.25, 0.3) is 0 Å². The highest BCUT2D eigenvalue weighted by atomic mass is 35.5. The predicted octanol–water partition coefficient (Wildman–Crippen LogP) is 3.72. The molecule has 0 aliphatic rings. The van der Waals surface area contributed by atoms with Gasteiger partial charge in [-0.15, -0.1) is 0 Å². The Morgan fingerprint density at radius 3 is 2.22 bits per heavy atom. The Kier molecular flexibility index (Phi) is 6.41. The molecule has 0 amide bonds. The van der Waals surface area contributed by atoms with Gasteiger partial charge in [-0.3, -0.25) is 0 Å². The zero-order valence-electron chi connectivity index (χ0n) is 14.6. The minimum absolute atomic E-state index is 0.159. The first kappa shape index (κ1) is 21.5. The summed E-state index contributed by atoms with van der Waals surface area (Å²) >= 11 is 5.88. The number of likely N-dealkylation sites (N-methyl/N-ethyl adjacent to an activating group) is 1. The Balaban J connectivity index is 2.33. The lowest BCUT2D eigenvalue weighted by molar-refractivity contribution is -0.137. The third-order valence-corrected chi connectivity index (χ3v) is 5.15. The molecular weight excluding hydrogens is 403 g/mol. The van der Waals surface area contributed by atoms with Gasteiger partial charge in [-0.05, 0) is 50.0 Å². The molecule has 0 fully saturated rings. The molecule has 0 aliphatic carbocycles. The highest BCUT2D eigenvalue weighted by Crippen LogP contribution is 2.36. The summed E-state index contributed by atoms with van der Waals surface area (Å²) in [6.07, 6.45) is -4.74. The van der Waals surface area contributed by atoms with Crippen molar-refractivity contribution in [2.24, 2.45) is 5.14 Å². The second-order valence-electron chi connectivity index (χ2n) is 6.16. The van der Waals surface area contributed by atoms with E-state index in [1.165, 1.54) is 0 Å². The lowest BCUT2D eigenvalue weighted by Gasteiger charge is -2.26. The molecule has 2 rings (SSSR count). The van der Waals surface area contributed by atoms with Gasteiger partial charge >= 0.3 is 6.18 Å². The standard InChI is InChI=1S/C17H19ClF3N3O2S/c1-24(2)16(11-3-5-12(18)6-4-11)10-23-15-8-7-13(27(22,25)26)9-14(15)17(19,20)21/h3-9,16,23H,10H2,1-2H3,(H2,22,25,26). The zero-order chi connectivity index (χ0) is 20.4. The number of hydrogen-bond donors (Lipinski definition) is 2. The number of nitrogens with two attached hydrogens (primary N) is 1. The quantitative estimate of drug-likeness (QED) is 0.745. The smallest absolute Gasteiger partial charge is 0.383 e. The van der Waals surface area contributed by atoms with Gasteiger partial charge < -0.3 is 10.2 Å². The molecule has 1 unspecified atom stereocenters. The summed E-state index contributed by atoms with van der Waals surface area (Å²) in [7, 11) is -0.640. The van der Waals surface area contributed by atoms with Crippen molar-refractivity contribution in [2.45, 2.75) is 17.1 Å². The highest BCUT2D eigenvalue weighted by molar-refractivity contribution is 7.89. The summed E-state index contributed by atoms with van der Waals surface area (Å²) in [5.74, 6) is 0. The van der Waals surface area contributed by atoms with Crippen molar-refractivity contribution in [1.82, 2.24) is 4.90 Å². The fraction of sp³-hybridized carbons (Fsp3) is 0.294. The number of hydrogen-bond acceptors (Lipinski definition) is 4. The van der Waals surface area contributed by atoms with Crippen molar-refractivity contribution in [3.8, 4) is 0 Å². The maximum absolute atomic E-state index is 13.4. The summed E-state index contributed by atoms with van der Waals surface area (Å²) in [6.45, 7) is 0.159. The molecule has 1 atom stereocenters. The van der Waals surface area contributed by atoms with Crippen LogP contribution in [0.3, 0.4) is 0 Å². The summed E-state index contributed by atoms with van der Waals surface area (Å²) in [5, 5.41) is 8.26. The van der Waals surface area contributed by atoms with E-state index < -0.39 is 26.7 Å². The Bertz CT molecular complexity index is 901. The minimum Gasteiger partial charge on any atom is -0.383 e. The topological polar surface area (TPSA) is 75.4 Å². The molecule has 0 saturated carbocycles. The molecule has 0 aliphatic heterocycles. The maximum atomic E-state index is 13.4. The second kappa shape index (κ2) is 8.05. The fourth-order valence-corrected chi connectivity index (χ4v) is 3.24. The van der Waals surface area contributed by atoms with E-state index in [0.717, 1.165) is 17.7 Å². The van der Waals surface area contributed by atoms with E-state index in [9.17, 15) is 21.6 Å². The van der Waals surface area contributed by atoms with Gasteiger partial charge in [0, 0.05) is 17.3 Å². The van der Waals surface area contributed by atoms with Crippen LogP contribution in [0.2, 0.25) is 5.02 Å². The number of nitrogens with one attached hydrogen (secondary N) is 1. The Hall–Kier alpha value is -1.81. The van der Waals surface area contributed by atoms with Crippen LogP contribution in [0.25, 0.3) is 0 Å². The van der Waals surface area contributed by atoms with Crippen LogP contribution in [0.4, 0.5) is 18.9 Å². The molecule has 0 radical (unpaired) electrons. The molecule has 2 aromatic rings. The van der Waals surface area contributed by atoms with E-state index in [1.807, 2.05) is 4.90 Å². The number of nitrogens with zero attached hydrogens (tertiary/aromatic N) is 1. The summed E-state index contributed by atoms with van der Waals surface area (Å²) < 4.78 is 62.8. The molecule has 10 heteroatoms. The first-order valence-electron chi connectivity index (χ1n) is 7.79. The number of primary sulfonamides is 1. The van der Waals surface area contributed by atoms with Crippen LogP contribution in [0, 0.1) is 0 Å². The lowest BCUT2D eigenvalue weighted by Crippen LogP contribution is -2.27. The van der Waals surface area contributed by atoms with E-state index in [1.54, 1.807) is 38.4 Å². The first-order chi connectivity index (χ1) is 12.4. The molecule has 0 aromatic heterocycles. The molecule has 27 heavy (non-hydrogen) atoms. The van der Waals surface area contributed by atoms with Crippen molar-refractivity contribution in [3.63, 3.8) is 0 Å². The van der Waals surface area contributed by atoms with Crippen LogP contribution in [0.15, 0.2) is 47.4 Å². The van der Waals surface area contributed by atoms with Crippen LogP contribution in [0.1, 0.15) is 17.2 Å². The van der Waals surface area contributed by atoms with E-state index >= 15 is 0 Å². The van der Waals surface area contributed by atoms with Gasteiger partial charge in [0.2, 0.25) is 10.0 Å².